The van der Waals surface area contributed by atoms with Crippen LogP contribution in [0.1, 0.15) is 19.8 Å². The maximum atomic E-state index is 13.5. The molecular formula is C13H16FN3O3. The van der Waals surface area contributed by atoms with E-state index >= 15 is 0 Å². The Morgan fingerprint density at radius 3 is 2.60 bits per heavy atom. The monoisotopic (exact) mass is 281 g/mol. The van der Waals surface area contributed by atoms with E-state index in [1.54, 1.807) is 11.8 Å². The van der Waals surface area contributed by atoms with Crippen molar-refractivity contribution in [1.29, 1.82) is 0 Å². The summed E-state index contributed by atoms with van der Waals surface area (Å²) in [7, 11) is 0. The highest BCUT2D eigenvalue weighted by atomic mass is 19.1. The van der Waals surface area contributed by atoms with Gasteiger partial charge in [0, 0.05) is 43.9 Å². The Morgan fingerprint density at radius 2 is 2.10 bits per heavy atom. The number of piperidine rings is 1. The SMILES string of the molecule is CC(=O)N1CCC(Nc2ccc([N+](=O)[O-])c(F)c2)CC1. The highest BCUT2D eigenvalue weighted by Crippen LogP contribution is 2.23. The number of hydrogen-bond donors (Lipinski definition) is 1. The van der Waals surface area contributed by atoms with Gasteiger partial charge in [-0.1, -0.05) is 0 Å². The van der Waals surface area contributed by atoms with E-state index in [0.717, 1.165) is 25.0 Å². The predicted molar refractivity (Wildman–Crippen MR) is 72.0 cm³/mol. The number of hydrogen-bond acceptors (Lipinski definition) is 4. The Labute approximate surface area is 115 Å². The number of benzene rings is 1. The molecular weight excluding hydrogens is 265 g/mol. The van der Waals surface area contributed by atoms with Gasteiger partial charge in [-0.15, -0.1) is 0 Å². The lowest BCUT2D eigenvalue weighted by molar-refractivity contribution is -0.387. The number of nitro benzene ring substituents is 1. The third-order valence-electron chi connectivity index (χ3n) is 3.46. The molecule has 0 radical (unpaired) electrons. The van der Waals surface area contributed by atoms with E-state index in [2.05, 4.69) is 5.32 Å². The van der Waals surface area contributed by atoms with E-state index in [9.17, 15) is 19.3 Å². The topological polar surface area (TPSA) is 75.5 Å². The number of nitro groups is 1. The minimum Gasteiger partial charge on any atom is -0.382 e. The van der Waals surface area contributed by atoms with Gasteiger partial charge in [-0.3, -0.25) is 14.9 Å². The second kappa shape index (κ2) is 5.85. The summed E-state index contributed by atoms with van der Waals surface area (Å²) < 4.78 is 13.5. The standard InChI is InChI=1S/C13H16FN3O3/c1-9(18)16-6-4-10(5-7-16)15-11-2-3-13(17(19)20)12(14)8-11/h2-3,8,10,15H,4-7H2,1H3. The molecule has 20 heavy (non-hydrogen) atoms. The van der Waals surface area contributed by atoms with E-state index in [1.165, 1.54) is 6.07 Å². The molecule has 1 aliphatic rings. The summed E-state index contributed by atoms with van der Waals surface area (Å²) in [5.74, 6) is -0.786. The van der Waals surface area contributed by atoms with Crippen LogP contribution in [0.5, 0.6) is 0 Å². The van der Waals surface area contributed by atoms with E-state index < -0.39 is 16.4 Å². The van der Waals surface area contributed by atoms with Gasteiger partial charge < -0.3 is 10.2 Å². The molecule has 0 aliphatic carbocycles. The van der Waals surface area contributed by atoms with Crippen LogP contribution in [0.25, 0.3) is 0 Å². The Balaban J connectivity index is 1.96. The van der Waals surface area contributed by atoms with Gasteiger partial charge in [-0.2, -0.15) is 4.39 Å². The summed E-state index contributed by atoms with van der Waals surface area (Å²) in [4.78, 5) is 22.8. The van der Waals surface area contributed by atoms with E-state index in [4.69, 9.17) is 0 Å². The molecule has 7 heteroatoms. The van der Waals surface area contributed by atoms with Crippen LogP contribution < -0.4 is 5.32 Å². The third-order valence-corrected chi connectivity index (χ3v) is 3.46. The number of likely N-dealkylation sites (tertiary alicyclic amines) is 1. The molecule has 6 nitrogen and oxygen atoms in total. The molecule has 0 aromatic heterocycles. The summed E-state index contributed by atoms with van der Waals surface area (Å²) in [5.41, 5.74) is -0.00340. The first kappa shape index (κ1) is 14.2. The summed E-state index contributed by atoms with van der Waals surface area (Å²) >= 11 is 0. The van der Waals surface area contributed by atoms with Crippen molar-refractivity contribution in [2.45, 2.75) is 25.8 Å². The van der Waals surface area contributed by atoms with Crippen molar-refractivity contribution >= 4 is 17.3 Å². The highest BCUT2D eigenvalue weighted by Gasteiger charge is 2.21. The number of anilines is 1. The van der Waals surface area contributed by atoms with Crippen molar-refractivity contribution in [3.05, 3.63) is 34.1 Å². The third kappa shape index (κ3) is 3.23. The summed E-state index contributed by atoms with van der Waals surface area (Å²) in [5, 5.41) is 13.7. The maximum absolute atomic E-state index is 13.5. The number of amides is 1. The maximum Gasteiger partial charge on any atom is 0.304 e. The Morgan fingerprint density at radius 1 is 1.45 bits per heavy atom. The van der Waals surface area contributed by atoms with E-state index in [1.807, 2.05) is 0 Å². The number of nitrogens with one attached hydrogen (secondary N) is 1. The normalized spacial score (nSPS) is 16.0. The number of nitrogens with zero attached hydrogens (tertiary/aromatic N) is 2. The second-order valence-electron chi connectivity index (χ2n) is 4.85. The largest absolute Gasteiger partial charge is 0.382 e. The quantitative estimate of drug-likeness (QED) is 0.680. The molecule has 0 saturated carbocycles. The molecule has 1 aliphatic heterocycles. The molecule has 1 saturated heterocycles. The van der Waals surface area contributed by atoms with Gasteiger partial charge in [0.15, 0.2) is 0 Å². The van der Waals surface area contributed by atoms with Crippen molar-refractivity contribution in [2.75, 3.05) is 18.4 Å². The first-order valence-corrected chi connectivity index (χ1v) is 6.43. The van der Waals surface area contributed by atoms with Gasteiger partial charge in [-0.25, -0.2) is 0 Å². The fourth-order valence-electron chi connectivity index (χ4n) is 2.32. The van der Waals surface area contributed by atoms with Crippen LogP contribution in [-0.2, 0) is 4.79 Å². The van der Waals surface area contributed by atoms with Crippen LogP contribution in [0.4, 0.5) is 15.8 Å². The van der Waals surface area contributed by atoms with Crippen LogP contribution in [0.3, 0.4) is 0 Å². The van der Waals surface area contributed by atoms with Crippen molar-refractivity contribution in [3.63, 3.8) is 0 Å². The molecule has 1 aromatic rings. The summed E-state index contributed by atoms with van der Waals surface area (Å²) in [6, 6.07) is 3.93. The first-order valence-electron chi connectivity index (χ1n) is 6.43. The lowest BCUT2D eigenvalue weighted by Crippen LogP contribution is -2.41. The molecule has 1 fully saturated rings. The number of carbonyl (C=O) groups is 1. The van der Waals surface area contributed by atoms with Gasteiger partial charge in [0.05, 0.1) is 4.92 Å². The predicted octanol–water partition coefficient (Wildman–Crippen LogP) is 2.16. The van der Waals surface area contributed by atoms with Gasteiger partial charge in [0.25, 0.3) is 0 Å². The summed E-state index contributed by atoms with van der Waals surface area (Å²) in [6.45, 7) is 2.88. The van der Waals surface area contributed by atoms with Crippen molar-refractivity contribution < 1.29 is 14.1 Å². The molecule has 0 unspecified atom stereocenters. The lowest BCUT2D eigenvalue weighted by atomic mass is 10.0. The first-order chi connectivity index (χ1) is 9.47. The van der Waals surface area contributed by atoms with Gasteiger partial charge in [0.1, 0.15) is 0 Å². The van der Waals surface area contributed by atoms with Gasteiger partial charge >= 0.3 is 5.69 Å². The lowest BCUT2D eigenvalue weighted by Gasteiger charge is -2.32. The second-order valence-corrected chi connectivity index (χ2v) is 4.85. The highest BCUT2D eigenvalue weighted by molar-refractivity contribution is 5.73. The smallest absolute Gasteiger partial charge is 0.304 e. The van der Waals surface area contributed by atoms with Gasteiger partial charge in [-0.05, 0) is 18.9 Å². The van der Waals surface area contributed by atoms with E-state index in [0.29, 0.717) is 18.8 Å². The molecule has 1 amide bonds. The zero-order valence-corrected chi connectivity index (χ0v) is 11.1. The minimum atomic E-state index is -0.846. The molecule has 2 rings (SSSR count). The fraction of sp³-hybridized carbons (Fsp3) is 0.462. The fourth-order valence-corrected chi connectivity index (χ4v) is 2.32. The van der Waals surface area contributed by atoms with Crippen LogP contribution in [0.2, 0.25) is 0 Å². The van der Waals surface area contributed by atoms with Crippen LogP contribution in [-0.4, -0.2) is 34.9 Å². The number of carbonyl (C=O) groups excluding carboxylic acids is 1. The Bertz CT molecular complexity index is 528. The zero-order valence-electron chi connectivity index (χ0n) is 11.1. The summed E-state index contributed by atoms with van der Waals surface area (Å²) in [6.07, 6.45) is 1.55. The van der Waals surface area contributed by atoms with Gasteiger partial charge in [0.2, 0.25) is 11.7 Å². The van der Waals surface area contributed by atoms with E-state index in [-0.39, 0.29) is 11.9 Å². The average molecular weight is 281 g/mol. The molecule has 0 spiro atoms. The molecule has 0 atom stereocenters. The van der Waals surface area contributed by atoms with Crippen molar-refractivity contribution in [2.24, 2.45) is 0 Å². The number of rotatable bonds is 3. The van der Waals surface area contributed by atoms with Crippen LogP contribution >= 0.6 is 0 Å². The zero-order chi connectivity index (χ0) is 14.7. The Hall–Kier alpha value is -2.18. The number of halogens is 1. The molecule has 1 heterocycles. The van der Waals surface area contributed by atoms with Crippen molar-refractivity contribution in [1.82, 2.24) is 4.90 Å². The Kier molecular flexibility index (Phi) is 4.16. The molecule has 108 valence electrons. The molecule has 1 aromatic carbocycles. The molecule has 1 N–H and O–H groups in total. The van der Waals surface area contributed by atoms with Crippen molar-refractivity contribution in [3.8, 4) is 0 Å². The van der Waals surface area contributed by atoms with Crippen LogP contribution in [0, 0.1) is 15.9 Å². The average Bonchev–Trinajstić information content (AvgIpc) is 2.39. The molecule has 0 bridgehead atoms. The van der Waals surface area contributed by atoms with Crippen LogP contribution in [0.15, 0.2) is 18.2 Å². The minimum absolute atomic E-state index is 0.0600.